The van der Waals surface area contributed by atoms with Crippen molar-refractivity contribution in [1.82, 2.24) is 19.3 Å². The van der Waals surface area contributed by atoms with E-state index in [-0.39, 0.29) is 72.1 Å². The maximum absolute atomic E-state index is 13.9. The number of amides is 2. The number of carboxylic acid groups (broad SMARTS) is 1. The molecule has 0 radical (unpaired) electrons. The molecule has 2 aliphatic heterocycles. The van der Waals surface area contributed by atoms with Crippen LogP contribution in [0.4, 0.5) is 18.9 Å². The van der Waals surface area contributed by atoms with Crippen LogP contribution in [0.1, 0.15) is 48.0 Å². The van der Waals surface area contributed by atoms with Crippen molar-refractivity contribution in [2.75, 3.05) is 51.2 Å². The minimum atomic E-state index is -4.25. The lowest BCUT2D eigenvalue weighted by molar-refractivity contribution is -0.150. The zero-order valence-corrected chi connectivity index (χ0v) is 29.8. The molecule has 0 spiro atoms. The van der Waals surface area contributed by atoms with Gasteiger partial charge in [-0.3, -0.25) is 24.2 Å². The molecule has 1 saturated carbocycles. The summed E-state index contributed by atoms with van der Waals surface area (Å²) in [4.78, 5) is 43.9. The molecule has 15 heteroatoms. The van der Waals surface area contributed by atoms with E-state index in [1.54, 1.807) is 17.2 Å². The number of likely N-dealkylation sites (tertiary alicyclic amines) is 1. The number of hydrogen-bond acceptors (Lipinski definition) is 6. The molecule has 0 unspecified atom stereocenters. The number of aliphatic carboxylic acids is 1. The average Bonchev–Trinajstić information content (AvgIpc) is 3.67. The molecular weight excluding hydrogens is 710 g/mol. The number of para-hydroxylation sites is 1. The maximum atomic E-state index is 13.9. The standard InChI is InChI=1S/C36H42Cl2F3N5O5/c1-43-19-28(27-4-2-3-5-32(27)43)34(48)42-31-17-29(37)23(14-30(31)38)15-33(47)46-18-24(45-12-10-44(11-13-45)21-36(39,40)41)16-25(46)20-51-26-8-6-22(7-9-26)35(49)50/h2-5,14,17,19,22,24-26H,6-13,15-16,18,20-21H2,1H3,(H,42,48)(H,49,50)/t22-,24-,25-,26-/m0/s1. The molecule has 2 aromatic carbocycles. The van der Waals surface area contributed by atoms with E-state index in [1.807, 2.05) is 35.9 Å². The summed E-state index contributed by atoms with van der Waals surface area (Å²) in [6.07, 6.45) is 0.258. The van der Waals surface area contributed by atoms with E-state index >= 15 is 0 Å². The number of piperazine rings is 1. The number of alkyl halides is 3. The lowest BCUT2D eigenvalue weighted by Gasteiger charge is -2.38. The van der Waals surface area contributed by atoms with Gasteiger partial charge in [-0.1, -0.05) is 41.4 Å². The third-order valence-electron chi connectivity index (χ3n) is 10.5. The molecule has 2 N–H and O–H groups in total. The topological polar surface area (TPSA) is 107 Å². The van der Waals surface area contributed by atoms with Gasteiger partial charge in [-0.25, -0.2) is 0 Å². The Bertz CT molecular complexity index is 1750. The minimum absolute atomic E-state index is 0.0518. The van der Waals surface area contributed by atoms with E-state index < -0.39 is 18.7 Å². The Hall–Kier alpha value is -3.36. The number of carboxylic acids is 1. The van der Waals surface area contributed by atoms with Crippen LogP contribution >= 0.6 is 23.2 Å². The van der Waals surface area contributed by atoms with Gasteiger partial charge >= 0.3 is 12.1 Å². The summed E-state index contributed by atoms with van der Waals surface area (Å²) in [5.41, 5.74) is 2.19. The van der Waals surface area contributed by atoms with Gasteiger partial charge in [0.2, 0.25) is 5.91 Å². The zero-order valence-electron chi connectivity index (χ0n) is 28.3. The number of aromatic nitrogens is 1. The number of carbonyl (C=O) groups excluding carboxylic acids is 2. The lowest BCUT2D eigenvalue weighted by atomic mass is 9.87. The first kappa shape index (κ1) is 37.4. The van der Waals surface area contributed by atoms with Crippen LogP contribution < -0.4 is 5.32 Å². The van der Waals surface area contributed by atoms with Crippen LogP contribution in [-0.2, 0) is 27.8 Å². The van der Waals surface area contributed by atoms with Gasteiger partial charge in [-0.15, -0.1) is 0 Å². The Morgan fingerprint density at radius 3 is 2.39 bits per heavy atom. The Labute approximate surface area is 304 Å². The number of halogens is 5. The third-order valence-corrected chi connectivity index (χ3v) is 11.1. The monoisotopic (exact) mass is 751 g/mol. The zero-order chi connectivity index (χ0) is 36.4. The highest BCUT2D eigenvalue weighted by molar-refractivity contribution is 6.36. The van der Waals surface area contributed by atoms with Crippen LogP contribution in [0.5, 0.6) is 0 Å². The van der Waals surface area contributed by atoms with E-state index in [9.17, 15) is 32.7 Å². The summed E-state index contributed by atoms with van der Waals surface area (Å²) < 4.78 is 47.1. The van der Waals surface area contributed by atoms with E-state index in [4.69, 9.17) is 27.9 Å². The molecule has 3 heterocycles. The summed E-state index contributed by atoms with van der Waals surface area (Å²) in [6.45, 7) is 1.22. The average molecular weight is 753 g/mol. The molecule has 2 saturated heterocycles. The Kier molecular flexibility index (Phi) is 11.5. The van der Waals surface area contributed by atoms with Gasteiger partial charge in [0.25, 0.3) is 5.91 Å². The molecule has 1 aromatic heterocycles. The molecule has 6 rings (SSSR count). The first-order chi connectivity index (χ1) is 24.3. The van der Waals surface area contributed by atoms with Gasteiger partial charge in [-0.05, 0) is 55.9 Å². The van der Waals surface area contributed by atoms with E-state index in [0.717, 1.165) is 10.9 Å². The van der Waals surface area contributed by atoms with Crippen molar-refractivity contribution >= 4 is 57.6 Å². The van der Waals surface area contributed by atoms with Crippen LogP contribution in [0.15, 0.2) is 42.6 Å². The number of rotatable bonds is 10. The quantitative estimate of drug-likeness (QED) is 0.258. The molecule has 276 valence electrons. The minimum Gasteiger partial charge on any atom is -0.481 e. The Morgan fingerprint density at radius 1 is 1.00 bits per heavy atom. The van der Waals surface area contributed by atoms with Crippen molar-refractivity contribution in [2.24, 2.45) is 13.0 Å². The SMILES string of the molecule is Cn1cc(C(=O)Nc2cc(Cl)c(CC(=O)N3C[C@@H](N4CCN(CC(F)(F)F)CC4)C[C@H]3CO[C@H]3CC[C@H](C(=O)O)CC3)cc2Cl)c2ccccc21. The highest BCUT2D eigenvalue weighted by atomic mass is 35.5. The number of carbonyl (C=O) groups is 3. The number of nitrogens with zero attached hydrogens (tertiary/aromatic N) is 4. The Morgan fingerprint density at radius 2 is 1.71 bits per heavy atom. The van der Waals surface area contributed by atoms with Gasteiger partial charge in [-0.2, -0.15) is 13.2 Å². The number of hydrogen-bond donors (Lipinski definition) is 2. The predicted octanol–water partition coefficient (Wildman–Crippen LogP) is 6.09. The molecule has 51 heavy (non-hydrogen) atoms. The van der Waals surface area contributed by atoms with Crippen molar-refractivity contribution in [3.8, 4) is 0 Å². The Balaban J connectivity index is 1.12. The van der Waals surface area contributed by atoms with Crippen LogP contribution in [0.2, 0.25) is 10.0 Å². The fourth-order valence-electron chi connectivity index (χ4n) is 7.68. The lowest BCUT2D eigenvalue weighted by Crippen LogP contribution is -2.52. The first-order valence-corrected chi connectivity index (χ1v) is 18.0. The van der Waals surface area contributed by atoms with Crippen LogP contribution in [0.25, 0.3) is 10.9 Å². The first-order valence-electron chi connectivity index (χ1n) is 17.3. The summed E-state index contributed by atoms with van der Waals surface area (Å²) in [5, 5.41) is 13.5. The number of anilines is 1. The molecule has 1 aliphatic carbocycles. The normalized spacial score (nSPS) is 23.5. The number of ether oxygens (including phenoxy) is 1. The smallest absolute Gasteiger partial charge is 0.401 e. The largest absolute Gasteiger partial charge is 0.481 e. The number of fused-ring (bicyclic) bond motifs is 1. The molecule has 3 aromatic rings. The summed E-state index contributed by atoms with van der Waals surface area (Å²) in [6, 6.07) is 10.3. The summed E-state index contributed by atoms with van der Waals surface area (Å²) in [5.74, 6) is -1.71. The van der Waals surface area contributed by atoms with Crippen LogP contribution in [0.3, 0.4) is 0 Å². The van der Waals surface area contributed by atoms with Crippen molar-refractivity contribution < 1.29 is 37.4 Å². The van der Waals surface area contributed by atoms with E-state index in [2.05, 4.69) is 10.2 Å². The molecule has 3 aliphatic rings. The summed E-state index contributed by atoms with van der Waals surface area (Å²) >= 11 is 13.3. The van der Waals surface area contributed by atoms with Crippen molar-refractivity contribution in [2.45, 2.75) is 62.9 Å². The summed E-state index contributed by atoms with van der Waals surface area (Å²) in [7, 11) is 1.86. The highest BCUT2D eigenvalue weighted by Crippen LogP contribution is 2.33. The fraction of sp³-hybridized carbons (Fsp3) is 0.528. The number of aryl methyl sites for hydroxylation is 1. The molecule has 10 nitrogen and oxygen atoms in total. The van der Waals surface area contributed by atoms with Crippen LogP contribution in [0, 0.1) is 5.92 Å². The van der Waals surface area contributed by atoms with Crippen molar-refractivity contribution in [1.29, 1.82) is 0 Å². The highest BCUT2D eigenvalue weighted by Gasteiger charge is 2.41. The number of benzene rings is 2. The number of nitrogens with one attached hydrogen (secondary N) is 1. The van der Waals surface area contributed by atoms with E-state index in [1.165, 1.54) is 11.0 Å². The maximum Gasteiger partial charge on any atom is 0.401 e. The van der Waals surface area contributed by atoms with Crippen molar-refractivity contribution in [3.63, 3.8) is 0 Å². The van der Waals surface area contributed by atoms with Gasteiger partial charge in [0.15, 0.2) is 0 Å². The molecule has 2 amide bonds. The molecular formula is C36H42Cl2F3N5O5. The van der Waals surface area contributed by atoms with Crippen molar-refractivity contribution in [3.05, 3.63) is 63.8 Å². The third kappa shape index (κ3) is 9.00. The van der Waals surface area contributed by atoms with Crippen LogP contribution in [-0.4, -0.2) is 112 Å². The second-order valence-electron chi connectivity index (χ2n) is 13.9. The second-order valence-corrected chi connectivity index (χ2v) is 14.7. The van der Waals surface area contributed by atoms with E-state index in [0.29, 0.717) is 68.6 Å². The van der Waals surface area contributed by atoms with Gasteiger partial charge in [0, 0.05) is 67.9 Å². The molecule has 0 bridgehead atoms. The second kappa shape index (κ2) is 15.7. The van der Waals surface area contributed by atoms with Gasteiger partial charge < -0.3 is 24.6 Å². The molecule has 3 fully saturated rings. The fourth-order valence-corrected chi connectivity index (χ4v) is 8.14. The van der Waals surface area contributed by atoms with Gasteiger partial charge in [0.05, 0.1) is 53.9 Å². The molecule has 2 atom stereocenters. The van der Waals surface area contributed by atoms with Gasteiger partial charge in [0.1, 0.15) is 0 Å². The predicted molar refractivity (Wildman–Crippen MR) is 188 cm³/mol.